The van der Waals surface area contributed by atoms with Crippen molar-refractivity contribution in [2.45, 2.75) is 52.4 Å². The third-order valence-electron chi connectivity index (χ3n) is 5.43. The van der Waals surface area contributed by atoms with Gasteiger partial charge in [0.2, 0.25) is 0 Å². The van der Waals surface area contributed by atoms with Gasteiger partial charge in [0.15, 0.2) is 5.96 Å². The molecule has 7 heteroatoms. The van der Waals surface area contributed by atoms with Crippen molar-refractivity contribution in [2.24, 2.45) is 4.99 Å². The van der Waals surface area contributed by atoms with E-state index in [-0.39, 0.29) is 29.8 Å². The van der Waals surface area contributed by atoms with Crippen molar-refractivity contribution in [1.29, 1.82) is 0 Å². The molecular weight excluding hydrogens is 520 g/mol. The molecule has 1 saturated heterocycles. The predicted molar refractivity (Wildman–Crippen MR) is 138 cm³/mol. The van der Waals surface area contributed by atoms with Crippen molar-refractivity contribution < 1.29 is 13.9 Å². The number of benzene rings is 2. The average Bonchev–Trinajstić information content (AvgIpc) is 2.79. The van der Waals surface area contributed by atoms with Gasteiger partial charge in [-0.05, 0) is 67.5 Å². The third-order valence-corrected chi connectivity index (χ3v) is 5.43. The second-order valence-corrected chi connectivity index (χ2v) is 7.88. The summed E-state index contributed by atoms with van der Waals surface area (Å²) in [4.78, 5) is 4.69. The minimum atomic E-state index is -0.190. The van der Waals surface area contributed by atoms with Gasteiger partial charge in [-0.1, -0.05) is 30.3 Å². The van der Waals surface area contributed by atoms with Crippen LogP contribution in [0.5, 0.6) is 0 Å². The van der Waals surface area contributed by atoms with Crippen LogP contribution >= 0.6 is 24.0 Å². The van der Waals surface area contributed by atoms with Gasteiger partial charge in [-0.2, -0.15) is 0 Å². The molecule has 0 atom stereocenters. The zero-order valence-electron chi connectivity index (χ0n) is 19.0. The third kappa shape index (κ3) is 9.03. The Labute approximate surface area is 208 Å². The molecule has 1 aliphatic heterocycles. The highest BCUT2D eigenvalue weighted by Crippen LogP contribution is 2.14. The maximum absolute atomic E-state index is 13.3. The Morgan fingerprint density at radius 2 is 1.81 bits per heavy atom. The van der Waals surface area contributed by atoms with Gasteiger partial charge in [0, 0.05) is 26.3 Å². The SMILES string of the molecule is CCNC(=NCc1ccc(COC2CCOCC2)cc1)NCCc1ccc(F)cc1C.I. The summed E-state index contributed by atoms with van der Waals surface area (Å²) in [6.45, 7) is 8.36. The zero-order valence-corrected chi connectivity index (χ0v) is 21.4. The number of guanidine groups is 1. The summed E-state index contributed by atoms with van der Waals surface area (Å²) in [5.74, 6) is 0.597. The van der Waals surface area contributed by atoms with Gasteiger partial charge in [-0.15, -0.1) is 24.0 Å². The first-order valence-corrected chi connectivity index (χ1v) is 11.2. The number of ether oxygens (including phenoxy) is 2. The monoisotopic (exact) mass is 555 g/mol. The van der Waals surface area contributed by atoms with Crippen LogP contribution in [0, 0.1) is 12.7 Å². The lowest BCUT2D eigenvalue weighted by Gasteiger charge is -2.22. The van der Waals surface area contributed by atoms with E-state index in [1.54, 1.807) is 6.07 Å². The van der Waals surface area contributed by atoms with E-state index in [0.29, 0.717) is 19.3 Å². The fourth-order valence-corrected chi connectivity index (χ4v) is 3.57. The van der Waals surface area contributed by atoms with Crippen LogP contribution in [-0.2, 0) is 29.0 Å². The van der Waals surface area contributed by atoms with Gasteiger partial charge in [-0.25, -0.2) is 9.38 Å². The van der Waals surface area contributed by atoms with Crippen molar-refractivity contribution in [3.63, 3.8) is 0 Å². The van der Waals surface area contributed by atoms with E-state index in [9.17, 15) is 4.39 Å². The van der Waals surface area contributed by atoms with E-state index >= 15 is 0 Å². The van der Waals surface area contributed by atoms with Crippen molar-refractivity contribution >= 4 is 29.9 Å². The first-order chi connectivity index (χ1) is 15.1. The molecule has 0 unspecified atom stereocenters. The normalized spacial score (nSPS) is 14.7. The number of aryl methyl sites for hydroxylation is 1. The van der Waals surface area contributed by atoms with Crippen molar-refractivity contribution in [2.75, 3.05) is 26.3 Å². The van der Waals surface area contributed by atoms with Crippen molar-refractivity contribution in [3.05, 3.63) is 70.5 Å². The Bertz CT molecular complexity index is 840. The lowest BCUT2D eigenvalue weighted by molar-refractivity contribution is -0.0390. The molecule has 32 heavy (non-hydrogen) atoms. The molecule has 0 spiro atoms. The Balaban J connectivity index is 0.00000363. The number of nitrogens with one attached hydrogen (secondary N) is 2. The van der Waals surface area contributed by atoms with Crippen LogP contribution in [0.15, 0.2) is 47.5 Å². The second-order valence-electron chi connectivity index (χ2n) is 7.88. The summed E-state index contributed by atoms with van der Waals surface area (Å²) in [6, 6.07) is 13.4. The molecule has 0 aliphatic carbocycles. The minimum Gasteiger partial charge on any atom is -0.381 e. The molecule has 0 radical (unpaired) electrons. The van der Waals surface area contributed by atoms with Gasteiger partial charge < -0.3 is 20.1 Å². The van der Waals surface area contributed by atoms with Gasteiger partial charge >= 0.3 is 0 Å². The molecule has 1 aliphatic rings. The summed E-state index contributed by atoms with van der Waals surface area (Å²) >= 11 is 0. The van der Waals surface area contributed by atoms with Crippen LogP contribution in [0.25, 0.3) is 0 Å². The largest absolute Gasteiger partial charge is 0.381 e. The maximum Gasteiger partial charge on any atom is 0.191 e. The van der Waals surface area contributed by atoms with E-state index in [1.165, 1.54) is 11.6 Å². The smallest absolute Gasteiger partial charge is 0.191 e. The number of rotatable bonds is 9. The van der Waals surface area contributed by atoms with E-state index < -0.39 is 0 Å². The fraction of sp³-hybridized carbons (Fsp3) is 0.480. The van der Waals surface area contributed by atoms with E-state index in [2.05, 4.69) is 46.8 Å². The molecule has 1 fully saturated rings. The Morgan fingerprint density at radius 3 is 2.50 bits per heavy atom. The molecule has 1 heterocycles. The fourth-order valence-electron chi connectivity index (χ4n) is 3.57. The first-order valence-electron chi connectivity index (χ1n) is 11.2. The summed E-state index contributed by atoms with van der Waals surface area (Å²) in [5, 5.41) is 6.64. The van der Waals surface area contributed by atoms with Crippen LogP contribution in [0.3, 0.4) is 0 Å². The highest BCUT2D eigenvalue weighted by molar-refractivity contribution is 14.0. The highest BCUT2D eigenvalue weighted by Gasteiger charge is 2.13. The number of halogens is 2. The summed E-state index contributed by atoms with van der Waals surface area (Å²) in [7, 11) is 0. The molecular formula is C25H35FIN3O2. The number of hydrogen-bond donors (Lipinski definition) is 2. The predicted octanol–water partition coefficient (Wildman–Crippen LogP) is 4.75. The van der Waals surface area contributed by atoms with Crippen molar-refractivity contribution in [3.8, 4) is 0 Å². The van der Waals surface area contributed by atoms with Crippen LogP contribution in [-0.4, -0.2) is 38.4 Å². The van der Waals surface area contributed by atoms with Crippen LogP contribution < -0.4 is 10.6 Å². The Kier molecular flexibility index (Phi) is 12.0. The lowest BCUT2D eigenvalue weighted by Crippen LogP contribution is -2.38. The van der Waals surface area contributed by atoms with E-state index in [1.807, 2.05) is 13.0 Å². The quantitative estimate of drug-likeness (QED) is 0.267. The Morgan fingerprint density at radius 1 is 1.09 bits per heavy atom. The lowest BCUT2D eigenvalue weighted by atomic mass is 10.1. The van der Waals surface area contributed by atoms with Crippen molar-refractivity contribution in [1.82, 2.24) is 10.6 Å². The molecule has 2 aromatic carbocycles. The standard InChI is InChI=1S/C25H34FN3O2.HI/c1-3-27-25(28-13-10-22-8-9-23(26)16-19(22)2)29-17-20-4-6-21(7-5-20)18-31-24-11-14-30-15-12-24;/h4-9,16,24H,3,10-15,17-18H2,1-2H3,(H2,27,28,29);1H. The number of hydrogen-bond acceptors (Lipinski definition) is 3. The molecule has 0 aromatic heterocycles. The van der Waals surface area contributed by atoms with Gasteiger partial charge in [0.05, 0.1) is 19.3 Å². The maximum atomic E-state index is 13.3. The minimum absolute atomic E-state index is 0. The number of nitrogens with zero attached hydrogens (tertiary/aromatic N) is 1. The van der Waals surface area contributed by atoms with Gasteiger partial charge in [-0.3, -0.25) is 0 Å². The van der Waals surface area contributed by atoms with Crippen LogP contribution in [0.2, 0.25) is 0 Å². The molecule has 2 N–H and O–H groups in total. The number of aliphatic imine (C=N–C) groups is 1. The average molecular weight is 555 g/mol. The van der Waals surface area contributed by atoms with E-state index in [0.717, 1.165) is 68.2 Å². The molecule has 176 valence electrons. The summed E-state index contributed by atoms with van der Waals surface area (Å²) in [5.41, 5.74) is 4.45. The topological polar surface area (TPSA) is 54.9 Å². The van der Waals surface area contributed by atoms with Gasteiger partial charge in [0.1, 0.15) is 5.82 Å². The summed E-state index contributed by atoms with van der Waals surface area (Å²) < 4.78 is 24.6. The molecule has 5 nitrogen and oxygen atoms in total. The first kappa shape index (κ1) is 26.5. The highest BCUT2D eigenvalue weighted by atomic mass is 127. The molecule has 0 amide bonds. The molecule has 0 saturated carbocycles. The molecule has 2 aromatic rings. The summed E-state index contributed by atoms with van der Waals surface area (Å²) in [6.07, 6.45) is 3.09. The van der Waals surface area contributed by atoms with Crippen LogP contribution in [0.1, 0.15) is 42.0 Å². The second kappa shape index (κ2) is 14.4. The van der Waals surface area contributed by atoms with Crippen LogP contribution in [0.4, 0.5) is 4.39 Å². The Hall–Kier alpha value is -1.71. The van der Waals surface area contributed by atoms with E-state index in [4.69, 9.17) is 9.47 Å². The zero-order chi connectivity index (χ0) is 21.9. The molecule has 3 rings (SSSR count). The van der Waals surface area contributed by atoms with Gasteiger partial charge in [0.25, 0.3) is 0 Å². The molecule has 0 bridgehead atoms.